The van der Waals surface area contributed by atoms with Crippen molar-refractivity contribution in [3.8, 4) is 11.3 Å². The molecule has 3 aromatic carbocycles. The van der Waals surface area contributed by atoms with Gasteiger partial charge in [0.2, 0.25) is 0 Å². The van der Waals surface area contributed by atoms with Crippen LogP contribution < -0.4 is 5.19 Å². The second kappa shape index (κ2) is 20.2. The van der Waals surface area contributed by atoms with Crippen molar-refractivity contribution < 1.29 is 31.4 Å². The van der Waals surface area contributed by atoms with Crippen LogP contribution in [0.4, 0.5) is 0 Å². The standard InChI is InChI=1S/C36H43N2SSi.C17H32O2.Ir/c1-8-40(9-2,10-3)31-19-26(17-25-13-11-12-14-28(25)31)32-34-33(38-23-37-32)29-16-15-24(18-30(29)39-34)27-20-35(4,5)22-36(6,7)21-27;1-10(2)16(11(3)4)14(18)9-15(19)17(12(5)6)13(7)8;/h11-16,18-19,23,27H,8-10,20-22H2,1-7H3;9-13,16-18H,1-8H3;/q-1;;/b;14-9-;/i23D;;. The van der Waals surface area contributed by atoms with Gasteiger partial charge in [0, 0.05) is 58.5 Å². The van der Waals surface area contributed by atoms with Crippen molar-refractivity contribution in [3.63, 3.8) is 0 Å². The smallest absolute Gasteiger partial charge is 0.162 e. The third-order valence-corrected chi connectivity index (χ3v) is 20.5. The van der Waals surface area contributed by atoms with Crippen LogP contribution in [0.2, 0.25) is 18.1 Å². The fourth-order valence-corrected chi connectivity index (χ4v) is 16.5. The van der Waals surface area contributed by atoms with E-state index < -0.39 is 8.07 Å². The third-order valence-electron chi connectivity index (χ3n) is 13.7. The largest absolute Gasteiger partial charge is 0.512 e. The fourth-order valence-electron chi connectivity index (χ4n) is 11.4. The molecule has 60 heavy (non-hydrogen) atoms. The molecule has 0 spiro atoms. The number of thiophene rings is 1. The number of aliphatic hydroxyl groups excluding tert-OH is 1. The molecule has 0 atom stereocenters. The molecule has 0 bridgehead atoms. The first-order valence-electron chi connectivity index (χ1n) is 23.2. The number of allylic oxidation sites excluding steroid dienone is 2. The van der Waals surface area contributed by atoms with E-state index in [1.165, 1.54) is 64.3 Å². The van der Waals surface area contributed by atoms with Crippen LogP contribution in [0, 0.1) is 52.4 Å². The molecule has 0 amide bonds. The van der Waals surface area contributed by atoms with Crippen molar-refractivity contribution >= 4 is 61.5 Å². The molecule has 2 heterocycles. The molecule has 7 heteroatoms. The molecule has 5 aromatic rings. The molecule has 1 saturated carbocycles. The average Bonchev–Trinajstić information content (AvgIpc) is 3.51. The molecule has 2 aromatic heterocycles. The number of hydrogen-bond donors (Lipinski definition) is 1. The van der Waals surface area contributed by atoms with Crippen LogP contribution >= 0.6 is 11.3 Å². The van der Waals surface area contributed by atoms with Crippen LogP contribution in [0.1, 0.15) is 136 Å². The van der Waals surface area contributed by atoms with Gasteiger partial charge >= 0.3 is 0 Å². The summed E-state index contributed by atoms with van der Waals surface area (Å²) in [7, 11) is -1.69. The zero-order valence-corrected chi connectivity index (χ0v) is 43.7. The van der Waals surface area contributed by atoms with E-state index in [9.17, 15) is 9.90 Å². The van der Waals surface area contributed by atoms with Crippen molar-refractivity contribution in [3.05, 3.63) is 78.3 Å². The van der Waals surface area contributed by atoms with Gasteiger partial charge in [-0.05, 0) is 71.3 Å². The Kier molecular flexibility index (Phi) is 16.3. The van der Waals surface area contributed by atoms with Crippen LogP contribution in [-0.4, -0.2) is 28.9 Å². The predicted octanol–water partition coefficient (Wildman–Crippen LogP) is 15.4. The van der Waals surface area contributed by atoms with E-state index in [0.717, 1.165) is 32.2 Å². The summed E-state index contributed by atoms with van der Waals surface area (Å²) in [6.45, 7) is 33.4. The van der Waals surface area contributed by atoms with E-state index in [4.69, 9.17) is 6.35 Å². The second-order valence-electron chi connectivity index (χ2n) is 20.8. The van der Waals surface area contributed by atoms with Crippen molar-refractivity contribution in [2.24, 2.45) is 46.3 Å². The van der Waals surface area contributed by atoms with E-state index in [1.807, 2.05) is 0 Å². The van der Waals surface area contributed by atoms with Crippen LogP contribution in [0.5, 0.6) is 0 Å². The van der Waals surface area contributed by atoms with Crippen molar-refractivity contribution in [2.75, 3.05) is 0 Å². The minimum atomic E-state index is -1.69. The number of aliphatic hydroxyl groups is 1. The topological polar surface area (TPSA) is 63.1 Å². The van der Waals surface area contributed by atoms with E-state index in [-0.39, 0.29) is 49.8 Å². The molecule has 0 unspecified atom stereocenters. The predicted molar refractivity (Wildman–Crippen MR) is 260 cm³/mol. The number of hydrogen-bond acceptors (Lipinski definition) is 5. The van der Waals surface area contributed by atoms with Gasteiger partial charge in [0.15, 0.2) is 5.78 Å². The Bertz CT molecular complexity index is 2280. The van der Waals surface area contributed by atoms with Crippen LogP contribution in [0.25, 0.3) is 42.3 Å². The molecule has 329 valence electrons. The van der Waals surface area contributed by atoms with E-state index >= 15 is 0 Å². The minimum absolute atomic E-state index is 0. The quantitative estimate of drug-likeness (QED) is 0.0552. The average molecular weight is 1030 g/mol. The molecule has 1 N–H and O–H groups in total. The van der Waals surface area contributed by atoms with Gasteiger partial charge in [-0.15, -0.1) is 40.1 Å². The fraction of sp³-hybridized carbons (Fsp3) is 0.566. The Morgan fingerprint density at radius 1 is 0.850 bits per heavy atom. The second-order valence-corrected chi connectivity index (χ2v) is 27.1. The first-order chi connectivity index (χ1) is 28.1. The van der Waals surface area contributed by atoms with Crippen molar-refractivity contribution in [1.29, 1.82) is 0 Å². The van der Waals surface area contributed by atoms with Gasteiger partial charge < -0.3 is 5.11 Å². The third kappa shape index (κ3) is 10.9. The number of aromatic nitrogens is 2. The summed E-state index contributed by atoms with van der Waals surface area (Å²) in [5.74, 6) is 2.19. The van der Waals surface area contributed by atoms with Gasteiger partial charge in [-0.1, -0.05) is 163 Å². The minimum Gasteiger partial charge on any atom is -0.512 e. The summed E-state index contributed by atoms with van der Waals surface area (Å²) >= 11 is 1.79. The number of carbonyl (C=O) groups is 1. The Labute approximate surface area is 383 Å². The number of benzene rings is 3. The summed E-state index contributed by atoms with van der Waals surface area (Å²) in [6.07, 6.45) is 5.29. The SMILES string of the molecule is CC(C)C(C(=O)/C=C(\O)C(C(C)C)C(C)C)C(C)C.[2H]c1nc(-c2[c-]c3ccccc3c([Si](CC)(CC)CC)c2)c2sc3cc(C4CC(C)(C)CC(C)(C)C4)ccc3c2n1.[Ir]. The molecule has 1 radical (unpaired) electrons. The van der Waals surface area contributed by atoms with Crippen molar-refractivity contribution in [2.45, 2.75) is 147 Å². The summed E-state index contributed by atoms with van der Waals surface area (Å²) in [5, 5.41) is 15.4. The number of carbonyl (C=O) groups excluding carboxylic acids is 1. The first kappa shape index (κ1) is 48.3. The number of rotatable bonds is 13. The Morgan fingerprint density at radius 2 is 1.42 bits per heavy atom. The Morgan fingerprint density at radius 3 is 1.97 bits per heavy atom. The number of ketones is 1. The van der Waals surface area contributed by atoms with Gasteiger partial charge in [0.05, 0.1) is 19.3 Å². The molecular weight excluding hydrogens is 949 g/mol. The van der Waals surface area contributed by atoms with Crippen LogP contribution in [0.15, 0.2) is 66.7 Å². The summed E-state index contributed by atoms with van der Waals surface area (Å²) < 4.78 is 10.9. The van der Waals surface area contributed by atoms with Gasteiger partial charge in [-0.3, -0.25) is 9.78 Å². The zero-order valence-electron chi connectivity index (χ0n) is 40.5. The van der Waals surface area contributed by atoms with Crippen molar-refractivity contribution in [1.82, 2.24) is 9.97 Å². The molecule has 6 rings (SSSR count). The van der Waals surface area contributed by atoms with Crippen LogP contribution in [-0.2, 0) is 24.9 Å². The Hall–Kier alpha value is -2.70. The number of fused-ring (bicyclic) bond motifs is 4. The maximum Gasteiger partial charge on any atom is 0.162 e. The normalized spacial score (nSPS) is 16.4. The summed E-state index contributed by atoms with van der Waals surface area (Å²) in [4.78, 5) is 21.8. The molecule has 1 aliphatic carbocycles. The maximum atomic E-state index is 12.3. The molecule has 1 aliphatic rings. The monoisotopic (exact) mass is 1030 g/mol. The van der Waals surface area contributed by atoms with Gasteiger partial charge in [0.1, 0.15) is 7.67 Å². The molecule has 0 aliphatic heterocycles. The molecule has 0 saturated heterocycles. The van der Waals surface area contributed by atoms with E-state index in [0.29, 0.717) is 40.4 Å². The number of nitrogens with zero attached hydrogens (tertiary/aromatic N) is 2. The summed E-state index contributed by atoms with van der Waals surface area (Å²) in [5.41, 5.74) is 4.91. The first-order valence-corrected chi connectivity index (χ1v) is 26.1. The Balaban J connectivity index is 0.000000349. The van der Waals surface area contributed by atoms with Gasteiger partial charge in [0.25, 0.3) is 0 Å². The summed E-state index contributed by atoms with van der Waals surface area (Å²) in [6, 6.07) is 25.5. The van der Waals surface area contributed by atoms with E-state index in [1.54, 1.807) is 11.3 Å². The van der Waals surface area contributed by atoms with Gasteiger partial charge in [-0.2, -0.15) is 0 Å². The van der Waals surface area contributed by atoms with Crippen LogP contribution in [0.3, 0.4) is 0 Å². The maximum absolute atomic E-state index is 12.3. The molecule has 1 fully saturated rings. The molecular formula is C53H75IrN2O2SSi-. The molecule has 4 nitrogen and oxygen atoms in total. The zero-order chi connectivity index (χ0) is 44.5. The van der Waals surface area contributed by atoms with E-state index in [2.05, 4.69) is 163 Å². The van der Waals surface area contributed by atoms with Gasteiger partial charge in [-0.25, -0.2) is 4.98 Å².